The van der Waals surface area contributed by atoms with Crippen LogP contribution in [0.15, 0.2) is 36.4 Å². The maximum atomic E-state index is 13.6. The Hall–Kier alpha value is -2.97. The summed E-state index contributed by atoms with van der Waals surface area (Å²) in [6.07, 6.45) is 3.46. The molecule has 0 spiro atoms. The first-order valence-corrected chi connectivity index (χ1v) is 13.5. The normalized spacial score (nSPS) is 17.6. The third-order valence-electron chi connectivity index (χ3n) is 7.77. The number of carbonyl (C=O) groups excluding carboxylic acids is 1. The van der Waals surface area contributed by atoms with E-state index in [2.05, 4.69) is 5.32 Å². The van der Waals surface area contributed by atoms with Gasteiger partial charge in [0.2, 0.25) is 0 Å². The summed E-state index contributed by atoms with van der Waals surface area (Å²) in [5.74, 6) is 0.550. The van der Waals surface area contributed by atoms with Crippen molar-refractivity contribution < 1.29 is 28.9 Å². The molecule has 2 amide bonds. The van der Waals surface area contributed by atoms with Crippen molar-refractivity contribution in [3.05, 3.63) is 58.1 Å². The number of hydrogen-bond acceptors (Lipinski definition) is 5. The van der Waals surface area contributed by atoms with Crippen LogP contribution in [0.25, 0.3) is 0 Å². The highest BCUT2D eigenvalue weighted by atomic mass is 35.5. The second-order valence-corrected chi connectivity index (χ2v) is 10.5. The van der Waals surface area contributed by atoms with Crippen LogP contribution in [-0.2, 0) is 9.53 Å². The van der Waals surface area contributed by atoms with Crippen molar-refractivity contribution in [1.29, 1.82) is 0 Å². The molecule has 2 unspecified atom stereocenters. The molecule has 4 rings (SSSR count). The van der Waals surface area contributed by atoms with Gasteiger partial charge >= 0.3 is 12.0 Å². The minimum Gasteiger partial charge on any atom is -0.496 e. The molecular weight excluding hydrogens is 508 g/mol. The average molecular weight is 545 g/mol. The lowest BCUT2D eigenvalue weighted by atomic mass is 9.77. The lowest BCUT2D eigenvalue weighted by Crippen LogP contribution is -2.62. The highest BCUT2D eigenvalue weighted by Gasteiger charge is 2.47. The molecule has 2 N–H and O–H groups in total. The number of halogens is 1. The monoisotopic (exact) mass is 544 g/mol. The molecule has 0 bridgehead atoms. The van der Waals surface area contributed by atoms with Gasteiger partial charge in [-0.15, -0.1) is 0 Å². The van der Waals surface area contributed by atoms with Crippen LogP contribution in [0.5, 0.6) is 11.5 Å². The molecule has 2 aliphatic rings. The molecule has 38 heavy (non-hydrogen) atoms. The van der Waals surface area contributed by atoms with Crippen LogP contribution < -0.4 is 14.8 Å². The summed E-state index contributed by atoms with van der Waals surface area (Å²) in [5, 5.41) is 13.0. The molecular formula is C29H37ClN2O6. The number of nitrogens with one attached hydrogen (secondary N) is 1. The smallest absolute Gasteiger partial charge is 0.329 e. The lowest BCUT2D eigenvalue weighted by molar-refractivity contribution is -0.148. The Bertz CT molecular complexity index is 1150. The summed E-state index contributed by atoms with van der Waals surface area (Å²) >= 11 is 6.88. The highest BCUT2D eigenvalue weighted by molar-refractivity contribution is 6.33. The van der Waals surface area contributed by atoms with E-state index in [1.54, 1.807) is 19.1 Å². The first kappa shape index (κ1) is 28.0. The van der Waals surface area contributed by atoms with Gasteiger partial charge in [0, 0.05) is 17.7 Å². The van der Waals surface area contributed by atoms with E-state index >= 15 is 0 Å². The highest BCUT2D eigenvalue weighted by Crippen LogP contribution is 2.53. The van der Waals surface area contributed by atoms with Crippen molar-refractivity contribution in [3.8, 4) is 11.5 Å². The van der Waals surface area contributed by atoms with Crippen LogP contribution in [0.2, 0.25) is 5.02 Å². The minimum absolute atomic E-state index is 0.171. The Balaban J connectivity index is 1.61. The number of benzene rings is 2. The number of aliphatic carboxylic acids is 1. The predicted octanol–water partition coefficient (Wildman–Crippen LogP) is 6.09. The van der Waals surface area contributed by atoms with E-state index in [0.29, 0.717) is 40.8 Å². The molecule has 2 fully saturated rings. The summed E-state index contributed by atoms with van der Waals surface area (Å²) in [5.41, 5.74) is 1.40. The standard InChI is InChI=1S/C29H37ClN2O6/c1-18(22-17-23(36-3)24(21-11-12-21)26(37-4)25(22)30)32(28(35)31-29(27(33)34)13-8-14-29)15-16-38-19(2)20-9-6-5-7-10-20/h5-7,9-10,17-19,21H,8,11-16H2,1-4H3,(H,31,35)(H,33,34). The van der Waals surface area contributed by atoms with Crippen molar-refractivity contribution >= 4 is 23.6 Å². The molecule has 2 saturated carbocycles. The summed E-state index contributed by atoms with van der Waals surface area (Å²) in [7, 11) is 3.19. The molecule has 2 aliphatic carbocycles. The van der Waals surface area contributed by atoms with Gasteiger partial charge in [-0.25, -0.2) is 9.59 Å². The fourth-order valence-corrected chi connectivity index (χ4v) is 5.45. The van der Waals surface area contributed by atoms with Gasteiger partial charge in [0.25, 0.3) is 0 Å². The van der Waals surface area contributed by atoms with Gasteiger partial charge in [-0.05, 0) is 63.5 Å². The van der Waals surface area contributed by atoms with Gasteiger partial charge in [0.05, 0.1) is 38.0 Å². The summed E-state index contributed by atoms with van der Waals surface area (Å²) in [6, 6.07) is 10.7. The fraction of sp³-hybridized carbons (Fsp3) is 0.517. The number of amides is 2. The lowest BCUT2D eigenvalue weighted by Gasteiger charge is -2.41. The van der Waals surface area contributed by atoms with Gasteiger partial charge in [-0.1, -0.05) is 41.9 Å². The maximum Gasteiger partial charge on any atom is 0.329 e. The van der Waals surface area contributed by atoms with E-state index in [-0.39, 0.29) is 19.3 Å². The van der Waals surface area contributed by atoms with E-state index in [0.717, 1.165) is 30.4 Å². The van der Waals surface area contributed by atoms with Gasteiger partial charge in [0.15, 0.2) is 0 Å². The number of carbonyl (C=O) groups is 2. The van der Waals surface area contributed by atoms with Crippen LogP contribution in [0.3, 0.4) is 0 Å². The average Bonchev–Trinajstić information content (AvgIpc) is 3.73. The van der Waals surface area contributed by atoms with Gasteiger partial charge in [0.1, 0.15) is 17.0 Å². The zero-order valence-electron chi connectivity index (χ0n) is 22.5. The molecule has 0 aromatic heterocycles. The molecule has 2 atom stereocenters. The Morgan fingerprint density at radius 3 is 2.37 bits per heavy atom. The minimum atomic E-state index is -1.25. The molecule has 0 aliphatic heterocycles. The number of carboxylic acids is 1. The Morgan fingerprint density at radius 2 is 1.84 bits per heavy atom. The third-order valence-corrected chi connectivity index (χ3v) is 8.16. The number of ether oxygens (including phenoxy) is 3. The van der Waals surface area contributed by atoms with Crippen molar-refractivity contribution in [3.63, 3.8) is 0 Å². The van der Waals surface area contributed by atoms with E-state index < -0.39 is 23.6 Å². The Morgan fingerprint density at radius 1 is 1.16 bits per heavy atom. The van der Waals surface area contributed by atoms with Gasteiger partial charge in [-0.3, -0.25) is 0 Å². The predicted molar refractivity (Wildman–Crippen MR) is 145 cm³/mol. The zero-order valence-corrected chi connectivity index (χ0v) is 23.2. The summed E-state index contributed by atoms with van der Waals surface area (Å²) in [6.45, 7) is 4.30. The number of urea groups is 1. The first-order valence-electron chi connectivity index (χ1n) is 13.2. The molecule has 8 nitrogen and oxygen atoms in total. The Labute approximate surface area is 229 Å². The number of methoxy groups -OCH3 is 2. The topological polar surface area (TPSA) is 97.3 Å². The number of rotatable bonds is 12. The van der Waals surface area contributed by atoms with Crippen molar-refractivity contribution in [2.24, 2.45) is 0 Å². The largest absolute Gasteiger partial charge is 0.496 e. The summed E-state index contributed by atoms with van der Waals surface area (Å²) in [4.78, 5) is 27.2. The number of nitrogens with zero attached hydrogens (tertiary/aromatic N) is 1. The third kappa shape index (κ3) is 5.71. The van der Waals surface area contributed by atoms with Crippen molar-refractivity contribution in [1.82, 2.24) is 10.2 Å². The van der Waals surface area contributed by atoms with Crippen LogP contribution in [0.1, 0.15) is 80.7 Å². The Kier molecular flexibility index (Phi) is 8.73. The number of carboxylic acid groups (broad SMARTS) is 1. The van der Waals surface area contributed by atoms with Crippen molar-refractivity contribution in [2.75, 3.05) is 27.4 Å². The van der Waals surface area contributed by atoms with Gasteiger partial charge in [-0.2, -0.15) is 0 Å². The second kappa shape index (κ2) is 11.8. The van der Waals surface area contributed by atoms with Crippen molar-refractivity contribution in [2.45, 2.75) is 69.6 Å². The molecule has 9 heteroatoms. The van der Waals surface area contributed by atoms with E-state index in [4.69, 9.17) is 25.8 Å². The SMILES string of the molecule is COc1cc(C(C)N(CCOC(C)c2ccccc2)C(=O)NC2(C(=O)O)CCC2)c(Cl)c(OC)c1C1CC1. The van der Waals surface area contributed by atoms with E-state index in [1.807, 2.05) is 50.2 Å². The quantitative estimate of drug-likeness (QED) is 0.335. The molecule has 2 aromatic rings. The van der Waals surface area contributed by atoms with Crippen LogP contribution in [-0.4, -0.2) is 54.9 Å². The number of hydrogen-bond donors (Lipinski definition) is 2. The maximum absolute atomic E-state index is 13.6. The fourth-order valence-electron chi connectivity index (χ4n) is 5.06. The van der Waals surface area contributed by atoms with Crippen LogP contribution >= 0.6 is 11.6 Å². The molecule has 0 heterocycles. The van der Waals surface area contributed by atoms with Gasteiger partial charge < -0.3 is 29.5 Å². The molecule has 0 radical (unpaired) electrons. The van der Waals surface area contributed by atoms with E-state index in [1.165, 1.54) is 0 Å². The molecule has 2 aromatic carbocycles. The van der Waals surface area contributed by atoms with Crippen LogP contribution in [0, 0.1) is 0 Å². The molecule has 206 valence electrons. The van der Waals surface area contributed by atoms with E-state index in [9.17, 15) is 14.7 Å². The molecule has 0 saturated heterocycles. The first-order chi connectivity index (χ1) is 18.2. The summed E-state index contributed by atoms with van der Waals surface area (Å²) < 4.78 is 17.5. The zero-order chi connectivity index (χ0) is 27.4. The second-order valence-electron chi connectivity index (χ2n) is 10.2. The van der Waals surface area contributed by atoms with Crippen LogP contribution in [0.4, 0.5) is 4.79 Å².